The summed E-state index contributed by atoms with van der Waals surface area (Å²) in [5, 5.41) is 14.1. The SMILES string of the molecule is CC(C)Sc1ncccc1C(/C=C(/F)Cn1cc(CCC(=O)O)cn1)=C/CP. The fraction of sp³-hybridized carbons (Fsp3) is 0.350. The Kier molecular flexibility index (Phi) is 8.87. The van der Waals surface area contributed by atoms with Gasteiger partial charge in [0.1, 0.15) is 10.9 Å². The number of carbonyl (C=O) groups is 1. The third-order valence-electron chi connectivity index (χ3n) is 3.71. The molecule has 28 heavy (non-hydrogen) atoms. The van der Waals surface area contributed by atoms with Crippen molar-refractivity contribution in [3.8, 4) is 0 Å². The Morgan fingerprint density at radius 2 is 2.25 bits per heavy atom. The van der Waals surface area contributed by atoms with Crippen LogP contribution < -0.4 is 0 Å². The quantitative estimate of drug-likeness (QED) is 0.345. The first-order valence-electron chi connectivity index (χ1n) is 9.00. The van der Waals surface area contributed by atoms with Crippen molar-refractivity contribution in [2.75, 3.05) is 6.16 Å². The lowest BCUT2D eigenvalue weighted by molar-refractivity contribution is -0.136. The summed E-state index contributed by atoms with van der Waals surface area (Å²) in [6, 6.07) is 3.80. The molecule has 0 aliphatic carbocycles. The third kappa shape index (κ3) is 7.21. The van der Waals surface area contributed by atoms with Crippen LogP contribution in [0.5, 0.6) is 0 Å². The molecule has 0 aliphatic heterocycles. The summed E-state index contributed by atoms with van der Waals surface area (Å²) >= 11 is 1.65. The molecule has 0 spiro atoms. The van der Waals surface area contributed by atoms with Gasteiger partial charge in [0.15, 0.2) is 0 Å². The molecule has 1 atom stereocenters. The van der Waals surface area contributed by atoms with E-state index >= 15 is 0 Å². The molecule has 0 bridgehead atoms. The lowest BCUT2D eigenvalue weighted by atomic mass is 10.1. The van der Waals surface area contributed by atoms with Crippen molar-refractivity contribution in [2.24, 2.45) is 0 Å². The molecule has 2 aromatic rings. The maximum absolute atomic E-state index is 14.7. The Balaban J connectivity index is 2.18. The molecule has 2 aromatic heterocycles. The maximum atomic E-state index is 14.7. The molecular formula is C20H25FN3O2PS. The van der Waals surface area contributed by atoms with Crippen LogP contribution in [0.1, 0.15) is 31.4 Å². The molecule has 2 heterocycles. The second kappa shape index (κ2) is 11.1. The zero-order chi connectivity index (χ0) is 20.5. The lowest BCUT2D eigenvalue weighted by Crippen LogP contribution is -2.00. The Bertz CT molecular complexity index is 865. The van der Waals surface area contributed by atoms with Crippen molar-refractivity contribution in [2.45, 2.75) is 43.5 Å². The molecule has 0 aromatic carbocycles. The van der Waals surface area contributed by atoms with Crippen LogP contribution >= 0.6 is 21.0 Å². The number of allylic oxidation sites excluding steroid dienone is 4. The minimum absolute atomic E-state index is 0.00577. The second-order valence-corrected chi connectivity index (χ2v) is 8.49. The summed E-state index contributed by atoms with van der Waals surface area (Å²) in [5.74, 6) is -1.19. The van der Waals surface area contributed by atoms with Gasteiger partial charge in [-0.1, -0.05) is 26.0 Å². The summed E-state index contributed by atoms with van der Waals surface area (Å²) in [5.41, 5.74) is 2.46. The summed E-state index contributed by atoms with van der Waals surface area (Å²) in [4.78, 5) is 15.1. The molecule has 1 N–H and O–H groups in total. The zero-order valence-electron chi connectivity index (χ0n) is 16.0. The molecule has 5 nitrogen and oxygen atoms in total. The van der Waals surface area contributed by atoms with Crippen LogP contribution in [-0.4, -0.2) is 37.3 Å². The summed E-state index contributed by atoms with van der Waals surface area (Å²) < 4.78 is 16.2. The molecule has 0 amide bonds. The van der Waals surface area contributed by atoms with E-state index in [1.54, 1.807) is 30.4 Å². The number of aryl methyl sites for hydroxylation is 1. The molecule has 0 fully saturated rings. The van der Waals surface area contributed by atoms with Gasteiger partial charge in [-0.2, -0.15) is 5.10 Å². The van der Waals surface area contributed by atoms with Gasteiger partial charge in [-0.3, -0.25) is 9.48 Å². The number of aliphatic carboxylic acids is 1. The van der Waals surface area contributed by atoms with Crippen LogP contribution in [0.3, 0.4) is 0 Å². The summed E-state index contributed by atoms with van der Waals surface area (Å²) in [6.45, 7) is 4.19. The largest absolute Gasteiger partial charge is 0.481 e. The van der Waals surface area contributed by atoms with Crippen molar-refractivity contribution in [3.05, 3.63) is 59.8 Å². The molecule has 0 aliphatic rings. The van der Waals surface area contributed by atoms with Gasteiger partial charge in [-0.15, -0.1) is 21.0 Å². The molecule has 0 saturated carbocycles. The van der Waals surface area contributed by atoms with E-state index in [0.717, 1.165) is 21.7 Å². The molecule has 0 radical (unpaired) electrons. The number of pyridine rings is 1. The van der Waals surface area contributed by atoms with Crippen molar-refractivity contribution in [3.63, 3.8) is 0 Å². The van der Waals surface area contributed by atoms with Crippen molar-refractivity contribution >= 4 is 32.5 Å². The first kappa shape index (κ1) is 22.3. The van der Waals surface area contributed by atoms with Gasteiger partial charge in [0.2, 0.25) is 0 Å². The fourth-order valence-corrected chi connectivity index (χ4v) is 3.68. The fourth-order valence-electron chi connectivity index (χ4n) is 2.54. The van der Waals surface area contributed by atoms with E-state index in [0.29, 0.717) is 17.8 Å². The second-order valence-electron chi connectivity index (χ2n) is 6.45. The maximum Gasteiger partial charge on any atom is 0.303 e. The number of carboxylic acid groups (broad SMARTS) is 1. The number of hydrogen-bond acceptors (Lipinski definition) is 4. The molecule has 150 valence electrons. The number of aromatic nitrogens is 3. The molecule has 8 heteroatoms. The minimum atomic E-state index is -0.863. The number of nitrogens with zero attached hydrogens (tertiary/aromatic N) is 3. The standard InChI is InChI=1S/C20H25FN3O2PS/c1-14(2)28-20-18(4-3-8-22-20)16(7-9-27)10-17(21)13-24-12-15(11-23-24)5-6-19(25)26/h3-4,7-8,10-12,14H,5-6,9,13,27H2,1-2H3,(H,25,26)/b16-7+,17-10+. The highest BCUT2D eigenvalue weighted by atomic mass is 32.2. The molecule has 0 saturated heterocycles. The van der Waals surface area contributed by atoms with Gasteiger partial charge in [0.25, 0.3) is 0 Å². The summed E-state index contributed by atoms with van der Waals surface area (Å²) in [7, 11) is 2.63. The average Bonchev–Trinajstić information content (AvgIpc) is 3.07. The van der Waals surface area contributed by atoms with E-state index in [-0.39, 0.29) is 18.8 Å². The van der Waals surface area contributed by atoms with E-state index in [9.17, 15) is 9.18 Å². The highest BCUT2D eigenvalue weighted by Crippen LogP contribution is 2.30. The van der Waals surface area contributed by atoms with Crippen molar-refractivity contribution < 1.29 is 14.3 Å². The highest BCUT2D eigenvalue weighted by Gasteiger charge is 2.11. The normalized spacial score (nSPS) is 12.6. The summed E-state index contributed by atoms with van der Waals surface area (Å²) in [6.07, 6.45) is 9.58. The van der Waals surface area contributed by atoms with Crippen LogP contribution in [0.2, 0.25) is 0 Å². The number of rotatable bonds is 10. The van der Waals surface area contributed by atoms with E-state index in [1.165, 1.54) is 10.8 Å². The Morgan fingerprint density at radius 1 is 1.46 bits per heavy atom. The van der Waals surface area contributed by atoms with Crippen molar-refractivity contribution in [1.29, 1.82) is 0 Å². The monoisotopic (exact) mass is 421 g/mol. The zero-order valence-corrected chi connectivity index (χ0v) is 18.0. The van der Waals surface area contributed by atoms with Crippen LogP contribution in [-0.2, 0) is 17.8 Å². The predicted molar refractivity (Wildman–Crippen MR) is 115 cm³/mol. The number of thioether (sulfide) groups is 1. The number of carboxylic acids is 1. The third-order valence-corrected chi connectivity index (χ3v) is 4.96. The first-order chi connectivity index (χ1) is 13.4. The van der Waals surface area contributed by atoms with E-state index in [4.69, 9.17) is 5.11 Å². The van der Waals surface area contributed by atoms with Gasteiger partial charge < -0.3 is 5.11 Å². The molecule has 2 rings (SSSR count). The number of hydrogen-bond donors (Lipinski definition) is 1. The van der Waals surface area contributed by atoms with Gasteiger partial charge in [0, 0.05) is 29.6 Å². The van der Waals surface area contributed by atoms with Crippen molar-refractivity contribution in [1.82, 2.24) is 14.8 Å². The van der Waals surface area contributed by atoms with Crippen LogP contribution in [0.4, 0.5) is 4.39 Å². The van der Waals surface area contributed by atoms with Crippen LogP contribution in [0.25, 0.3) is 5.57 Å². The number of halogens is 1. The van der Waals surface area contributed by atoms with E-state index in [2.05, 4.69) is 33.2 Å². The van der Waals surface area contributed by atoms with Gasteiger partial charge in [0.05, 0.1) is 12.7 Å². The first-order valence-corrected chi connectivity index (χ1v) is 10.7. The Morgan fingerprint density at radius 3 is 2.93 bits per heavy atom. The lowest BCUT2D eigenvalue weighted by Gasteiger charge is -2.11. The smallest absolute Gasteiger partial charge is 0.303 e. The topological polar surface area (TPSA) is 68.0 Å². The molecular weight excluding hydrogens is 396 g/mol. The molecule has 1 unspecified atom stereocenters. The highest BCUT2D eigenvalue weighted by molar-refractivity contribution is 7.99. The van der Waals surface area contributed by atoms with Gasteiger partial charge in [-0.25, -0.2) is 9.37 Å². The van der Waals surface area contributed by atoms with E-state index < -0.39 is 5.97 Å². The average molecular weight is 421 g/mol. The van der Waals surface area contributed by atoms with Gasteiger partial charge >= 0.3 is 5.97 Å². The van der Waals surface area contributed by atoms with E-state index in [1.807, 2.05) is 18.2 Å². The van der Waals surface area contributed by atoms with Gasteiger partial charge in [-0.05, 0) is 35.9 Å². The Hall–Kier alpha value is -1.98. The van der Waals surface area contributed by atoms with Crippen LogP contribution in [0, 0.1) is 0 Å². The van der Waals surface area contributed by atoms with Crippen LogP contribution in [0.15, 0.2) is 53.7 Å². The Labute approximate surface area is 171 Å². The minimum Gasteiger partial charge on any atom is -0.481 e. The predicted octanol–water partition coefficient (Wildman–Crippen LogP) is 4.61.